The number of esters is 1. The fourth-order valence-corrected chi connectivity index (χ4v) is 6.25. The van der Waals surface area contributed by atoms with Gasteiger partial charge in [0.15, 0.2) is 16.5 Å². The molecule has 1 aromatic heterocycles. The van der Waals surface area contributed by atoms with Gasteiger partial charge >= 0.3 is 12.1 Å². The number of amides is 1. The number of benzene rings is 1. The highest BCUT2D eigenvalue weighted by atomic mass is 35.5. The number of ether oxygens (including phenoxy) is 2. The molecule has 1 aliphatic heterocycles. The molecule has 3 rings (SSSR count). The molecule has 0 bridgehead atoms. The first-order valence-corrected chi connectivity index (χ1v) is 14.8. The summed E-state index contributed by atoms with van der Waals surface area (Å²) in [6, 6.07) is 6.49. The number of aryl methyl sites for hydroxylation is 1. The van der Waals surface area contributed by atoms with Gasteiger partial charge in [-0.3, -0.25) is 0 Å². The number of rotatable bonds is 7. The lowest BCUT2D eigenvalue weighted by molar-refractivity contribution is 0.0497. The molecule has 1 aromatic carbocycles. The van der Waals surface area contributed by atoms with Gasteiger partial charge in [-0.25, -0.2) is 28.0 Å². The topological polar surface area (TPSA) is 152 Å². The number of nitrogens with one attached hydrogen (secondary N) is 1. The van der Waals surface area contributed by atoms with Crippen LogP contribution in [0.15, 0.2) is 28.1 Å². The fourth-order valence-electron chi connectivity index (χ4n) is 4.13. The van der Waals surface area contributed by atoms with E-state index >= 15 is 0 Å². The molecule has 0 spiro atoms. The first kappa shape index (κ1) is 31.4. The highest BCUT2D eigenvalue weighted by Crippen LogP contribution is 2.36. The molecule has 0 atom stereocenters. The average Bonchev–Trinajstić information content (AvgIpc) is 2.88. The second-order valence-electron chi connectivity index (χ2n) is 10.3. The Hall–Kier alpha value is -3.14. The predicted octanol–water partition coefficient (Wildman–Crippen LogP) is 4.74. The molecular weight excluding hydrogens is 581 g/mol. The molecule has 14 heteroatoms. The fraction of sp³-hybridized carbons (Fsp3) is 0.500. The standard InChI is InChI=1S/C26H31Cl2N5O6S/c1-6-38-23(34)20-21(31-16(2)22(32-20)40(36,37)18-9-7-8-17(27)19(18)28)33-12-10-26(14-29,11-13-33)15-30-24(35)39-25(3,4)5/h7-9H,6,10-13,15H2,1-5H3,(H,30,35). The van der Waals surface area contributed by atoms with Gasteiger partial charge in [-0.15, -0.1) is 0 Å². The Morgan fingerprint density at radius 1 is 1.20 bits per heavy atom. The minimum atomic E-state index is -4.30. The van der Waals surface area contributed by atoms with Crippen molar-refractivity contribution in [3.63, 3.8) is 0 Å². The molecule has 1 amide bonds. The minimum absolute atomic E-state index is 0.0317. The number of hydrogen-bond donors (Lipinski definition) is 1. The van der Waals surface area contributed by atoms with Crippen molar-refractivity contribution < 1.29 is 27.5 Å². The molecule has 0 unspecified atom stereocenters. The van der Waals surface area contributed by atoms with E-state index in [9.17, 15) is 23.3 Å². The quantitative estimate of drug-likeness (QED) is 0.434. The van der Waals surface area contributed by atoms with Crippen LogP contribution in [0.5, 0.6) is 0 Å². The van der Waals surface area contributed by atoms with Crippen molar-refractivity contribution in [2.24, 2.45) is 5.41 Å². The number of piperidine rings is 1. The summed E-state index contributed by atoms with van der Waals surface area (Å²) >= 11 is 12.2. The van der Waals surface area contributed by atoms with E-state index in [2.05, 4.69) is 21.4 Å². The summed E-state index contributed by atoms with van der Waals surface area (Å²) in [6.45, 7) is 9.00. The smallest absolute Gasteiger partial charge is 0.407 e. The van der Waals surface area contributed by atoms with Crippen molar-refractivity contribution in [1.29, 1.82) is 5.26 Å². The SMILES string of the molecule is CCOC(=O)c1nc(S(=O)(=O)c2cccc(Cl)c2Cl)c(C)nc1N1CCC(C#N)(CNC(=O)OC(C)(C)C)CC1. The summed E-state index contributed by atoms with van der Waals surface area (Å²) in [6.07, 6.45) is 0.0493. The molecule has 1 aliphatic rings. The first-order valence-electron chi connectivity index (χ1n) is 12.5. The number of sulfone groups is 1. The number of alkyl carbamates (subject to hydrolysis) is 1. The van der Waals surface area contributed by atoms with E-state index in [1.165, 1.54) is 25.1 Å². The Morgan fingerprint density at radius 2 is 1.85 bits per heavy atom. The summed E-state index contributed by atoms with van der Waals surface area (Å²) in [7, 11) is -4.30. The van der Waals surface area contributed by atoms with Crippen LogP contribution in [-0.2, 0) is 19.3 Å². The number of carbonyl (C=O) groups excluding carboxylic acids is 2. The van der Waals surface area contributed by atoms with E-state index < -0.39 is 37.9 Å². The summed E-state index contributed by atoms with van der Waals surface area (Å²) in [5.41, 5.74) is -1.78. The first-order chi connectivity index (χ1) is 18.6. The van der Waals surface area contributed by atoms with Gasteiger partial charge < -0.3 is 19.7 Å². The lowest BCUT2D eigenvalue weighted by Gasteiger charge is -2.38. The zero-order chi connectivity index (χ0) is 29.9. The second-order valence-corrected chi connectivity index (χ2v) is 12.9. The number of aromatic nitrogens is 2. The predicted molar refractivity (Wildman–Crippen MR) is 148 cm³/mol. The van der Waals surface area contributed by atoms with E-state index in [4.69, 9.17) is 32.7 Å². The van der Waals surface area contributed by atoms with E-state index in [0.717, 1.165) is 0 Å². The Labute approximate surface area is 243 Å². The molecule has 0 aliphatic carbocycles. The Morgan fingerprint density at radius 3 is 2.42 bits per heavy atom. The van der Waals surface area contributed by atoms with E-state index in [1.807, 2.05) is 0 Å². The van der Waals surface area contributed by atoms with Crippen LogP contribution in [0.2, 0.25) is 10.0 Å². The largest absolute Gasteiger partial charge is 0.461 e. The van der Waals surface area contributed by atoms with Crippen LogP contribution >= 0.6 is 23.2 Å². The lowest BCUT2D eigenvalue weighted by atomic mass is 9.79. The van der Waals surface area contributed by atoms with Crippen LogP contribution < -0.4 is 10.2 Å². The van der Waals surface area contributed by atoms with Gasteiger partial charge in [0.05, 0.1) is 38.7 Å². The van der Waals surface area contributed by atoms with Crippen LogP contribution in [0.1, 0.15) is 56.7 Å². The third kappa shape index (κ3) is 6.95. The molecule has 216 valence electrons. The maximum absolute atomic E-state index is 13.5. The van der Waals surface area contributed by atoms with E-state index in [1.54, 1.807) is 32.6 Å². The number of hydrogen-bond acceptors (Lipinski definition) is 10. The summed E-state index contributed by atoms with van der Waals surface area (Å²) in [5, 5.41) is 12.0. The zero-order valence-corrected chi connectivity index (χ0v) is 25.2. The van der Waals surface area contributed by atoms with Crippen molar-refractivity contribution in [3.05, 3.63) is 39.6 Å². The third-order valence-electron chi connectivity index (χ3n) is 6.16. The number of nitriles is 1. The summed E-state index contributed by atoms with van der Waals surface area (Å²) in [5.74, 6) is -0.707. The molecule has 1 fully saturated rings. The number of anilines is 1. The lowest BCUT2D eigenvalue weighted by Crippen LogP contribution is -2.47. The molecule has 2 aromatic rings. The third-order valence-corrected chi connectivity index (χ3v) is 8.91. The van der Waals surface area contributed by atoms with E-state index in [-0.39, 0.29) is 58.4 Å². The van der Waals surface area contributed by atoms with Crippen LogP contribution in [0, 0.1) is 23.7 Å². The van der Waals surface area contributed by atoms with Gasteiger partial charge in [0.2, 0.25) is 9.84 Å². The van der Waals surface area contributed by atoms with Crippen molar-refractivity contribution in [2.75, 3.05) is 31.1 Å². The van der Waals surface area contributed by atoms with Crippen LogP contribution in [0.25, 0.3) is 0 Å². The van der Waals surface area contributed by atoms with Crippen LogP contribution in [-0.4, -0.2) is 62.3 Å². The minimum Gasteiger partial charge on any atom is -0.461 e. The van der Waals surface area contributed by atoms with Gasteiger partial charge in [0.1, 0.15) is 5.60 Å². The summed E-state index contributed by atoms with van der Waals surface area (Å²) < 4.78 is 37.4. The molecule has 11 nitrogen and oxygen atoms in total. The van der Waals surface area contributed by atoms with Gasteiger partial charge in [0.25, 0.3) is 0 Å². The monoisotopic (exact) mass is 611 g/mol. The Kier molecular flexibility index (Phi) is 9.54. The zero-order valence-electron chi connectivity index (χ0n) is 22.9. The molecular formula is C26H31Cl2N5O6S. The van der Waals surface area contributed by atoms with Gasteiger partial charge in [-0.2, -0.15) is 5.26 Å². The van der Waals surface area contributed by atoms with Gasteiger partial charge in [-0.05, 0) is 59.6 Å². The highest BCUT2D eigenvalue weighted by Gasteiger charge is 2.38. The van der Waals surface area contributed by atoms with Crippen molar-refractivity contribution in [3.8, 4) is 6.07 Å². The normalized spacial score (nSPS) is 15.2. The number of nitrogens with zero attached hydrogens (tertiary/aromatic N) is 4. The van der Waals surface area contributed by atoms with Gasteiger partial charge in [0, 0.05) is 19.6 Å². The number of carbonyl (C=O) groups is 2. The van der Waals surface area contributed by atoms with Crippen LogP contribution in [0.4, 0.5) is 10.6 Å². The Balaban J connectivity index is 1.93. The van der Waals surface area contributed by atoms with Crippen molar-refractivity contribution >= 4 is 50.9 Å². The van der Waals surface area contributed by atoms with E-state index in [0.29, 0.717) is 12.8 Å². The second kappa shape index (κ2) is 12.2. The molecule has 40 heavy (non-hydrogen) atoms. The molecule has 1 saturated heterocycles. The highest BCUT2D eigenvalue weighted by molar-refractivity contribution is 7.91. The van der Waals surface area contributed by atoms with Crippen molar-refractivity contribution in [2.45, 2.75) is 63.0 Å². The molecule has 2 heterocycles. The maximum Gasteiger partial charge on any atom is 0.407 e. The molecule has 0 saturated carbocycles. The van der Waals surface area contributed by atoms with Crippen molar-refractivity contribution in [1.82, 2.24) is 15.3 Å². The average molecular weight is 613 g/mol. The molecule has 1 N–H and O–H groups in total. The maximum atomic E-state index is 13.5. The summed E-state index contributed by atoms with van der Waals surface area (Å²) in [4.78, 5) is 35.2. The number of halogens is 2. The molecule has 0 radical (unpaired) electrons. The van der Waals surface area contributed by atoms with Gasteiger partial charge in [-0.1, -0.05) is 29.3 Å². The Bertz CT molecular complexity index is 1440. The van der Waals surface area contributed by atoms with Crippen LogP contribution in [0.3, 0.4) is 0 Å².